The van der Waals surface area contributed by atoms with Crippen LogP contribution in [0.1, 0.15) is 32.4 Å². The Kier molecular flexibility index (Phi) is 5.36. The van der Waals surface area contributed by atoms with E-state index in [-0.39, 0.29) is 12.1 Å². The maximum absolute atomic E-state index is 12.3. The Morgan fingerprint density at radius 3 is 2.61 bits per heavy atom. The zero-order chi connectivity index (χ0) is 17.0. The molecule has 0 aromatic heterocycles. The molecule has 1 aliphatic heterocycles. The molecule has 1 aromatic rings. The zero-order valence-corrected chi connectivity index (χ0v) is 14.5. The van der Waals surface area contributed by atoms with E-state index in [1.54, 1.807) is 19.1 Å². The summed E-state index contributed by atoms with van der Waals surface area (Å²) in [6.07, 6.45) is -0.286. The van der Waals surface area contributed by atoms with Crippen molar-refractivity contribution in [1.29, 1.82) is 0 Å². The van der Waals surface area contributed by atoms with Gasteiger partial charge < -0.3 is 24.4 Å². The van der Waals surface area contributed by atoms with Crippen molar-refractivity contribution < 1.29 is 19.0 Å². The van der Waals surface area contributed by atoms with Crippen LogP contribution < -0.4 is 14.8 Å². The molecule has 1 fully saturated rings. The van der Waals surface area contributed by atoms with Crippen molar-refractivity contribution in [2.24, 2.45) is 0 Å². The molecule has 1 atom stereocenters. The van der Waals surface area contributed by atoms with Gasteiger partial charge in [-0.1, -0.05) is 12.1 Å². The van der Waals surface area contributed by atoms with Crippen LogP contribution in [0.5, 0.6) is 11.5 Å². The second kappa shape index (κ2) is 7.08. The van der Waals surface area contributed by atoms with Gasteiger partial charge in [0.15, 0.2) is 11.5 Å². The molecule has 128 valence electrons. The highest BCUT2D eigenvalue weighted by Crippen LogP contribution is 2.35. The van der Waals surface area contributed by atoms with Crippen molar-refractivity contribution in [2.75, 3.05) is 33.9 Å². The summed E-state index contributed by atoms with van der Waals surface area (Å²) in [5.74, 6) is 1.37. The van der Waals surface area contributed by atoms with E-state index in [2.05, 4.69) is 5.32 Å². The average molecular weight is 322 g/mol. The SMILES string of the molecule is COc1cccc([C@@H]2CN(C(=O)OC(C)(C)C)CCN2)c1OC. The molecule has 1 saturated heterocycles. The van der Waals surface area contributed by atoms with Crippen molar-refractivity contribution in [2.45, 2.75) is 32.4 Å². The lowest BCUT2D eigenvalue weighted by Crippen LogP contribution is -2.49. The average Bonchev–Trinajstić information content (AvgIpc) is 2.52. The Labute approximate surface area is 137 Å². The summed E-state index contributed by atoms with van der Waals surface area (Å²) in [6, 6.07) is 5.74. The second-order valence-electron chi connectivity index (χ2n) is 6.52. The zero-order valence-electron chi connectivity index (χ0n) is 14.5. The quantitative estimate of drug-likeness (QED) is 0.927. The highest BCUT2D eigenvalue weighted by Gasteiger charge is 2.30. The fraction of sp³-hybridized carbons (Fsp3) is 0.588. The smallest absolute Gasteiger partial charge is 0.410 e. The van der Waals surface area contributed by atoms with Crippen LogP contribution in [0, 0.1) is 0 Å². The summed E-state index contributed by atoms with van der Waals surface area (Å²) >= 11 is 0. The first kappa shape index (κ1) is 17.4. The summed E-state index contributed by atoms with van der Waals surface area (Å²) in [6.45, 7) is 7.46. The van der Waals surface area contributed by atoms with Gasteiger partial charge in [0.05, 0.1) is 20.3 Å². The molecule has 1 aromatic carbocycles. The van der Waals surface area contributed by atoms with E-state index in [0.717, 1.165) is 5.56 Å². The predicted octanol–water partition coefficient (Wildman–Crippen LogP) is 2.59. The van der Waals surface area contributed by atoms with Crippen molar-refractivity contribution >= 4 is 6.09 Å². The van der Waals surface area contributed by atoms with Gasteiger partial charge in [-0.05, 0) is 26.8 Å². The summed E-state index contributed by atoms with van der Waals surface area (Å²) in [5.41, 5.74) is 0.477. The number of amides is 1. The van der Waals surface area contributed by atoms with Gasteiger partial charge in [0.25, 0.3) is 0 Å². The lowest BCUT2D eigenvalue weighted by Gasteiger charge is -2.35. The third kappa shape index (κ3) is 4.28. The normalized spacial score (nSPS) is 18.5. The minimum absolute atomic E-state index is 0.0266. The molecule has 0 spiro atoms. The summed E-state index contributed by atoms with van der Waals surface area (Å²) in [5, 5.41) is 3.42. The monoisotopic (exact) mass is 322 g/mol. The molecule has 1 amide bonds. The highest BCUT2D eigenvalue weighted by molar-refractivity contribution is 5.68. The minimum atomic E-state index is -0.495. The highest BCUT2D eigenvalue weighted by atomic mass is 16.6. The second-order valence-corrected chi connectivity index (χ2v) is 6.52. The van der Waals surface area contributed by atoms with Crippen molar-refractivity contribution in [1.82, 2.24) is 10.2 Å². The minimum Gasteiger partial charge on any atom is -0.493 e. The van der Waals surface area contributed by atoms with Crippen LogP contribution in [0.25, 0.3) is 0 Å². The first-order chi connectivity index (χ1) is 10.9. The number of hydrogen-bond donors (Lipinski definition) is 1. The maximum Gasteiger partial charge on any atom is 0.410 e. The van der Waals surface area contributed by atoms with Gasteiger partial charge in [-0.15, -0.1) is 0 Å². The van der Waals surface area contributed by atoms with Gasteiger partial charge in [0.2, 0.25) is 0 Å². The van der Waals surface area contributed by atoms with Crippen LogP contribution in [0.4, 0.5) is 4.79 Å². The van der Waals surface area contributed by atoms with Gasteiger partial charge in [-0.3, -0.25) is 0 Å². The number of nitrogens with one attached hydrogen (secondary N) is 1. The Morgan fingerprint density at radius 1 is 1.26 bits per heavy atom. The van der Waals surface area contributed by atoms with E-state index in [1.807, 2.05) is 39.0 Å². The van der Waals surface area contributed by atoms with Crippen LogP contribution in [-0.2, 0) is 4.74 Å². The van der Waals surface area contributed by atoms with E-state index in [1.165, 1.54) is 0 Å². The van der Waals surface area contributed by atoms with Crippen LogP contribution in [-0.4, -0.2) is 50.4 Å². The lowest BCUT2D eigenvalue weighted by molar-refractivity contribution is 0.0194. The number of methoxy groups -OCH3 is 2. The predicted molar refractivity (Wildman–Crippen MR) is 88.1 cm³/mol. The van der Waals surface area contributed by atoms with Crippen molar-refractivity contribution in [3.8, 4) is 11.5 Å². The number of benzene rings is 1. The van der Waals surface area contributed by atoms with Gasteiger partial charge in [0, 0.05) is 25.2 Å². The van der Waals surface area contributed by atoms with E-state index in [4.69, 9.17) is 14.2 Å². The molecule has 6 nitrogen and oxygen atoms in total. The molecular weight excluding hydrogens is 296 g/mol. The fourth-order valence-corrected chi connectivity index (χ4v) is 2.64. The Hall–Kier alpha value is -1.95. The summed E-state index contributed by atoms with van der Waals surface area (Å²) in [4.78, 5) is 14.0. The standard InChI is InChI=1S/C17H26N2O4/c1-17(2,3)23-16(20)19-10-9-18-13(11-19)12-7-6-8-14(21-4)15(12)22-5/h6-8,13,18H,9-11H2,1-5H3/t13-/m0/s1. The molecular formula is C17H26N2O4. The molecule has 6 heteroatoms. The van der Waals surface area contributed by atoms with E-state index in [9.17, 15) is 4.79 Å². The van der Waals surface area contributed by atoms with Gasteiger partial charge in [-0.2, -0.15) is 0 Å². The van der Waals surface area contributed by atoms with Crippen molar-refractivity contribution in [3.05, 3.63) is 23.8 Å². The fourth-order valence-electron chi connectivity index (χ4n) is 2.64. The molecule has 0 bridgehead atoms. The molecule has 0 aliphatic carbocycles. The van der Waals surface area contributed by atoms with Crippen LogP contribution >= 0.6 is 0 Å². The molecule has 1 heterocycles. The molecule has 0 unspecified atom stereocenters. The first-order valence-corrected chi connectivity index (χ1v) is 7.78. The number of nitrogens with zero attached hydrogens (tertiary/aromatic N) is 1. The topological polar surface area (TPSA) is 60.0 Å². The Morgan fingerprint density at radius 2 is 2.00 bits per heavy atom. The number of para-hydroxylation sites is 1. The van der Waals surface area contributed by atoms with Crippen LogP contribution in [0.3, 0.4) is 0 Å². The largest absolute Gasteiger partial charge is 0.493 e. The third-order valence-corrected chi connectivity index (χ3v) is 3.64. The number of carbonyl (C=O) groups excluding carboxylic acids is 1. The van der Waals surface area contributed by atoms with E-state index < -0.39 is 5.60 Å². The molecule has 1 N–H and O–H groups in total. The Balaban J connectivity index is 2.17. The third-order valence-electron chi connectivity index (χ3n) is 3.64. The van der Waals surface area contributed by atoms with E-state index in [0.29, 0.717) is 31.1 Å². The molecule has 2 rings (SSSR count). The number of ether oxygens (including phenoxy) is 3. The molecule has 0 saturated carbocycles. The molecule has 1 aliphatic rings. The van der Waals surface area contributed by atoms with Gasteiger partial charge >= 0.3 is 6.09 Å². The maximum atomic E-state index is 12.3. The summed E-state index contributed by atoms with van der Waals surface area (Å²) < 4.78 is 16.3. The van der Waals surface area contributed by atoms with Crippen molar-refractivity contribution in [3.63, 3.8) is 0 Å². The number of hydrogen-bond acceptors (Lipinski definition) is 5. The van der Waals surface area contributed by atoms with Crippen LogP contribution in [0.2, 0.25) is 0 Å². The Bertz CT molecular complexity index is 554. The number of piperazine rings is 1. The number of carbonyl (C=O) groups is 1. The summed E-state index contributed by atoms with van der Waals surface area (Å²) in [7, 11) is 3.23. The number of rotatable bonds is 3. The lowest BCUT2D eigenvalue weighted by atomic mass is 10.0. The first-order valence-electron chi connectivity index (χ1n) is 7.78. The van der Waals surface area contributed by atoms with Crippen LogP contribution in [0.15, 0.2) is 18.2 Å². The van der Waals surface area contributed by atoms with Gasteiger partial charge in [-0.25, -0.2) is 4.79 Å². The molecule has 23 heavy (non-hydrogen) atoms. The van der Waals surface area contributed by atoms with Gasteiger partial charge in [0.1, 0.15) is 5.60 Å². The van der Waals surface area contributed by atoms with E-state index >= 15 is 0 Å². The molecule has 0 radical (unpaired) electrons.